The van der Waals surface area contributed by atoms with Crippen LogP contribution in [0.4, 0.5) is 0 Å². The van der Waals surface area contributed by atoms with Crippen LogP contribution in [0.2, 0.25) is 0 Å². The van der Waals surface area contributed by atoms with Gasteiger partial charge in [0.2, 0.25) is 0 Å². The molecule has 20 heavy (non-hydrogen) atoms. The normalized spacial score (nSPS) is 12.2. The molecule has 112 valence electrons. The van der Waals surface area contributed by atoms with Crippen LogP contribution in [0.25, 0.3) is 0 Å². The summed E-state index contributed by atoms with van der Waals surface area (Å²) in [5, 5.41) is 0. The average Bonchev–Trinajstić information content (AvgIpc) is 2.29. The molecule has 0 heterocycles. The molecule has 2 N–H and O–H groups in total. The molecule has 0 aliphatic heterocycles. The van der Waals surface area contributed by atoms with Crippen molar-refractivity contribution in [3.05, 3.63) is 29.3 Å². The van der Waals surface area contributed by atoms with Gasteiger partial charge in [-0.3, -0.25) is 0 Å². The molecule has 1 rings (SSSR count). The van der Waals surface area contributed by atoms with E-state index in [2.05, 4.69) is 0 Å². The first-order valence-corrected chi connectivity index (χ1v) is 8.36. The second-order valence-electron chi connectivity index (χ2n) is 5.62. The maximum Gasteiger partial charge on any atom is 0.158 e. The van der Waals surface area contributed by atoms with Crippen molar-refractivity contribution in [3.63, 3.8) is 0 Å². The minimum Gasteiger partial charge on any atom is -0.492 e. The molecule has 0 spiro atoms. The van der Waals surface area contributed by atoms with E-state index in [4.69, 9.17) is 22.7 Å². The minimum atomic E-state index is -3.18. The molecule has 1 aromatic rings. The van der Waals surface area contributed by atoms with Gasteiger partial charge >= 0.3 is 0 Å². The van der Waals surface area contributed by atoms with Crippen LogP contribution in [0.3, 0.4) is 0 Å². The highest BCUT2D eigenvalue weighted by atomic mass is 32.2. The number of hydrogen-bond donors (Lipinski definition) is 1. The summed E-state index contributed by atoms with van der Waals surface area (Å²) in [6, 6.07) is 5.40. The largest absolute Gasteiger partial charge is 0.492 e. The Hall–Kier alpha value is -1.14. The summed E-state index contributed by atoms with van der Waals surface area (Å²) < 4.78 is 28.8. The Balaban J connectivity index is 2.77. The molecule has 0 fully saturated rings. The highest BCUT2D eigenvalue weighted by Gasteiger charge is 2.28. The van der Waals surface area contributed by atoms with Crippen molar-refractivity contribution in [3.8, 4) is 5.75 Å². The maximum absolute atomic E-state index is 12.0. The Morgan fingerprint density at radius 1 is 1.35 bits per heavy atom. The SMILES string of the molecule is Cc1ccc(C(N)=S)cc1OCCS(=O)(=O)C(C)(C)C. The zero-order valence-corrected chi connectivity index (χ0v) is 13.9. The first kappa shape index (κ1) is 16.9. The number of aryl methyl sites for hydroxylation is 1. The maximum atomic E-state index is 12.0. The zero-order valence-electron chi connectivity index (χ0n) is 12.3. The van der Waals surface area contributed by atoms with Gasteiger partial charge in [-0.1, -0.05) is 24.4 Å². The third-order valence-electron chi connectivity index (χ3n) is 3.02. The standard InChI is InChI=1S/C14H21NO3S2/c1-10-5-6-11(13(15)19)9-12(10)18-7-8-20(16,17)14(2,3)4/h5-6,9H,7-8H2,1-4H3,(H2,15,19). The molecular weight excluding hydrogens is 294 g/mol. The van der Waals surface area contributed by atoms with E-state index in [1.54, 1.807) is 26.8 Å². The number of thiocarbonyl (C=S) groups is 1. The molecule has 0 unspecified atom stereocenters. The van der Waals surface area contributed by atoms with E-state index in [0.29, 0.717) is 11.3 Å². The van der Waals surface area contributed by atoms with Crippen molar-refractivity contribution in [1.82, 2.24) is 0 Å². The molecular formula is C14H21NO3S2. The van der Waals surface area contributed by atoms with Crippen molar-refractivity contribution in [2.75, 3.05) is 12.4 Å². The van der Waals surface area contributed by atoms with E-state index in [1.165, 1.54) is 0 Å². The van der Waals surface area contributed by atoms with Gasteiger partial charge in [0.1, 0.15) is 17.3 Å². The predicted molar refractivity (Wildman–Crippen MR) is 86.1 cm³/mol. The van der Waals surface area contributed by atoms with Gasteiger partial charge in [-0.2, -0.15) is 0 Å². The monoisotopic (exact) mass is 315 g/mol. The van der Waals surface area contributed by atoms with Crippen LogP contribution in [-0.2, 0) is 9.84 Å². The predicted octanol–water partition coefficient (Wildman–Crippen LogP) is 2.22. The van der Waals surface area contributed by atoms with Gasteiger partial charge < -0.3 is 10.5 Å². The molecule has 0 saturated heterocycles. The van der Waals surface area contributed by atoms with E-state index >= 15 is 0 Å². The minimum absolute atomic E-state index is 0.0206. The van der Waals surface area contributed by atoms with Crippen LogP contribution in [-0.4, -0.2) is 30.5 Å². The fraction of sp³-hybridized carbons (Fsp3) is 0.500. The lowest BCUT2D eigenvalue weighted by molar-refractivity contribution is 0.337. The molecule has 4 nitrogen and oxygen atoms in total. The molecule has 0 radical (unpaired) electrons. The van der Waals surface area contributed by atoms with Gasteiger partial charge in [-0.25, -0.2) is 8.42 Å². The van der Waals surface area contributed by atoms with E-state index < -0.39 is 14.6 Å². The fourth-order valence-electron chi connectivity index (χ4n) is 1.48. The topological polar surface area (TPSA) is 69.4 Å². The van der Waals surface area contributed by atoms with E-state index in [-0.39, 0.29) is 17.3 Å². The first-order chi connectivity index (χ1) is 9.04. The Morgan fingerprint density at radius 2 is 1.95 bits per heavy atom. The average molecular weight is 315 g/mol. The molecule has 6 heteroatoms. The van der Waals surface area contributed by atoms with Crippen LogP contribution >= 0.6 is 12.2 Å². The van der Waals surface area contributed by atoms with Crippen molar-refractivity contribution >= 4 is 27.0 Å². The lowest BCUT2D eigenvalue weighted by Gasteiger charge is -2.19. The lowest BCUT2D eigenvalue weighted by atomic mass is 10.1. The Kier molecular flexibility index (Phi) is 5.15. The van der Waals surface area contributed by atoms with Crippen LogP contribution in [0.15, 0.2) is 18.2 Å². The van der Waals surface area contributed by atoms with Crippen LogP contribution in [0.1, 0.15) is 31.9 Å². The van der Waals surface area contributed by atoms with Gasteiger partial charge in [-0.15, -0.1) is 0 Å². The fourth-order valence-corrected chi connectivity index (χ4v) is 2.52. The summed E-state index contributed by atoms with van der Waals surface area (Å²) >= 11 is 4.91. The summed E-state index contributed by atoms with van der Waals surface area (Å²) in [6.07, 6.45) is 0. The third-order valence-corrected chi connectivity index (χ3v) is 5.82. The summed E-state index contributed by atoms with van der Waals surface area (Å²) in [5.74, 6) is 0.590. The van der Waals surface area contributed by atoms with Crippen LogP contribution < -0.4 is 10.5 Å². The highest BCUT2D eigenvalue weighted by Crippen LogP contribution is 2.21. The van der Waals surface area contributed by atoms with E-state index in [9.17, 15) is 8.42 Å². The van der Waals surface area contributed by atoms with Crippen molar-refractivity contribution < 1.29 is 13.2 Å². The van der Waals surface area contributed by atoms with Gasteiger partial charge in [-0.05, 0) is 39.3 Å². The number of hydrogen-bond acceptors (Lipinski definition) is 4. The number of ether oxygens (including phenoxy) is 1. The molecule has 0 aromatic heterocycles. The molecule has 0 saturated carbocycles. The van der Waals surface area contributed by atoms with Gasteiger partial charge in [0.15, 0.2) is 9.84 Å². The number of rotatable bonds is 5. The molecule has 0 amide bonds. The summed E-state index contributed by atoms with van der Waals surface area (Å²) in [6.45, 7) is 7.04. The Labute approximate surface area is 126 Å². The summed E-state index contributed by atoms with van der Waals surface area (Å²) in [5.41, 5.74) is 7.19. The molecule has 0 bridgehead atoms. The van der Waals surface area contributed by atoms with Gasteiger partial charge in [0, 0.05) is 5.56 Å². The van der Waals surface area contributed by atoms with Crippen molar-refractivity contribution in [1.29, 1.82) is 0 Å². The van der Waals surface area contributed by atoms with E-state index in [1.807, 2.05) is 19.1 Å². The third kappa shape index (κ3) is 4.18. The lowest BCUT2D eigenvalue weighted by Crippen LogP contribution is -2.32. The molecule has 0 atom stereocenters. The number of sulfone groups is 1. The van der Waals surface area contributed by atoms with E-state index in [0.717, 1.165) is 5.56 Å². The second-order valence-corrected chi connectivity index (χ2v) is 8.93. The second kappa shape index (κ2) is 6.10. The molecule has 1 aromatic carbocycles. The Morgan fingerprint density at radius 3 is 2.45 bits per heavy atom. The van der Waals surface area contributed by atoms with Gasteiger partial charge in [0.05, 0.1) is 10.5 Å². The highest BCUT2D eigenvalue weighted by molar-refractivity contribution is 7.92. The quantitative estimate of drug-likeness (QED) is 0.844. The summed E-state index contributed by atoms with van der Waals surface area (Å²) in [7, 11) is -3.18. The number of benzene rings is 1. The van der Waals surface area contributed by atoms with Crippen LogP contribution in [0.5, 0.6) is 5.75 Å². The smallest absolute Gasteiger partial charge is 0.158 e. The van der Waals surface area contributed by atoms with Crippen molar-refractivity contribution in [2.24, 2.45) is 5.73 Å². The zero-order chi connectivity index (χ0) is 15.6. The van der Waals surface area contributed by atoms with Gasteiger partial charge in [0.25, 0.3) is 0 Å². The number of nitrogens with two attached hydrogens (primary N) is 1. The molecule has 0 aliphatic rings. The summed E-state index contributed by atoms with van der Waals surface area (Å²) in [4.78, 5) is 0.289. The van der Waals surface area contributed by atoms with Crippen molar-refractivity contribution in [2.45, 2.75) is 32.4 Å². The first-order valence-electron chi connectivity index (χ1n) is 6.30. The molecule has 0 aliphatic carbocycles. The Bertz CT molecular complexity index is 601. The van der Waals surface area contributed by atoms with Crippen LogP contribution in [0, 0.1) is 6.92 Å².